The Morgan fingerprint density at radius 3 is 2.55 bits per heavy atom. The van der Waals surface area contributed by atoms with Crippen LogP contribution < -0.4 is 4.74 Å². The van der Waals surface area contributed by atoms with Crippen LogP contribution in [0.15, 0.2) is 66.0 Å². The van der Waals surface area contributed by atoms with E-state index in [1.54, 1.807) is 47.0 Å². The van der Waals surface area contributed by atoms with E-state index < -0.39 is 22.4 Å². The van der Waals surface area contributed by atoms with Gasteiger partial charge >= 0.3 is 6.61 Å². The predicted octanol–water partition coefficient (Wildman–Crippen LogP) is 4.12. The van der Waals surface area contributed by atoms with Gasteiger partial charge in [-0.15, -0.1) is 0 Å². The summed E-state index contributed by atoms with van der Waals surface area (Å²) >= 11 is 0. The quantitative estimate of drug-likeness (QED) is 0.437. The van der Waals surface area contributed by atoms with Gasteiger partial charge in [-0.3, -0.25) is 4.79 Å². The minimum atomic E-state index is -3.42. The summed E-state index contributed by atoms with van der Waals surface area (Å²) in [6.07, 6.45) is 4.42. The highest BCUT2D eigenvalue weighted by Gasteiger charge is 2.37. The number of fused-ring (bicyclic) bond motifs is 3. The fraction of sp³-hybridized carbons (Fsp3) is 0.174. The second kappa shape index (κ2) is 7.73. The van der Waals surface area contributed by atoms with Gasteiger partial charge in [-0.25, -0.2) is 18.4 Å². The number of rotatable bonds is 5. The van der Waals surface area contributed by atoms with Crippen molar-refractivity contribution in [3.05, 3.63) is 77.9 Å². The first-order valence-electron chi connectivity index (χ1n) is 9.98. The van der Waals surface area contributed by atoms with Crippen molar-refractivity contribution in [2.75, 3.05) is 6.26 Å². The third-order valence-corrected chi connectivity index (χ3v) is 6.60. The Kier molecular flexibility index (Phi) is 4.97. The maximum atomic E-state index is 12.9. The summed E-state index contributed by atoms with van der Waals surface area (Å²) in [7, 11) is -3.42. The van der Waals surface area contributed by atoms with Crippen LogP contribution in [0.5, 0.6) is 5.75 Å². The summed E-state index contributed by atoms with van der Waals surface area (Å²) in [5, 5.41) is -0.0304. The van der Waals surface area contributed by atoms with Gasteiger partial charge in [-0.2, -0.15) is 8.78 Å². The number of nitrogens with zero attached hydrogens (tertiary/aromatic N) is 3. The van der Waals surface area contributed by atoms with Gasteiger partial charge in [0.25, 0.3) is 0 Å². The molecule has 1 atom stereocenters. The number of halogens is 2. The molecule has 0 amide bonds. The number of hydrogen-bond donors (Lipinski definition) is 0. The molecule has 0 fully saturated rings. The van der Waals surface area contributed by atoms with Gasteiger partial charge in [0.1, 0.15) is 17.1 Å². The number of Topliss-reactive ketones (excluding diaryl/α,β-unsaturated/α-hetero) is 1. The van der Waals surface area contributed by atoms with Crippen LogP contribution in [-0.2, 0) is 9.84 Å². The standard InChI is InChI=1S/C23H17F2N3O4S/c1-33(30,31)20-9-7-13(11-26-20)14-6-8-19-27-21-17(29)10-16(22(21)28(19)12-14)15-4-2-3-5-18(15)32-23(24)25/h2-9,11-12,16,23H,10H2,1H3/t16-/m1/s1. The second-order valence-corrected chi connectivity index (χ2v) is 9.71. The van der Waals surface area contributed by atoms with Gasteiger partial charge in [0.05, 0.1) is 5.69 Å². The second-order valence-electron chi connectivity index (χ2n) is 7.75. The molecular formula is C23H17F2N3O4S. The number of sulfone groups is 1. The Bertz CT molecular complexity index is 1500. The SMILES string of the molecule is CS(=O)(=O)c1ccc(-c2ccc3nc4c(n3c2)[C@@H](c2ccccc2OC(F)F)CC4=O)cn1. The van der Waals surface area contributed by atoms with Crippen LogP contribution in [-0.4, -0.2) is 41.4 Å². The number of benzene rings is 1. The van der Waals surface area contributed by atoms with E-state index in [-0.39, 0.29) is 23.0 Å². The number of carbonyl (C=O) groups is 1. The number of ether oxygens (including phenoxy) is 1. The molecule has 4 aromatic rings. The minimum Gasteiger partial charge on any atom is -0.435 e. The Labute approximate surface area is 187 Å². The van der Waals surface area contributed by atoms with Crippen LogP contribution >= 0.6 is 0 Å². The number of para-hydroxylation sites is 1. The summed E-state index contributed by atoms with van der Waals surface area (Å²) in [5.74, 6) is -0.658. The van der Waals surface area contributed by atoms with Gasteiger partial charge in [0.2, 0.25) is 0 Å². The van der Waals surface area contributed by atoms with E-state index in [1.165, 1.54) is 18.3 Å². The molecule has 5 rings (SSSR count). The smallest absolute Gasteiger partial charge is 0.387 e. The largest absolute Gasteiger partial charge is 0.435 e. The molecule has 3 aromatic heterocycles. The van der Waals surface area contributed by atoms with E-state index in [1.807, 2.05) is 0 Å². The zero-order valence-corrected chi connectivity index (χ0v) is 18.1. The molecule has 1 aromatic carbocycles. The first kappa shape index (κ1) is 21.2. The summed E-state index contributed by atoms with van der Waals surface area (Å²) in [6.45, 7) is -2.99. The van der Waals surface area contributed by atoms with E-state index in [2.05, 4.69) is 9.97 Å². The molecule has 0 radical (unpaired) electrons. The molecule has 168 valence electrons. The number of pyridine rings is 2. The van der Waals surface area contributed by atoms with Gasteiger partial charge < -0.3 is 9.14 Å². The Morgan fingerprint density at radius 1 is 1.09 bits per heavy atom. The highest BCUT2D eigenvalue weighted by molar-refractivity contribution is 7.90. The summed E-state index contributed by atoms with van der Waals surface area (Å²) in [4.78, 5) is 21.2. The normalized spacial score (nSPS) is 15.9. The summed E-state index contributed by atoms with van der Waals surface area (Å²) in [5.41, 5.74) is 3.32. The van der Waals surface area contributed by atoms with Crippen LogP contribution in [0, 0.1) is 0 Å². The predicted molar refractivity (Wildman–Crippen MR) is 115 cm³/mol. The maximum absolute atomic E-state index is 12.9. The molecule has 33 heavy (non-hydrogen) atoms. The van der Waals surface area contributed by atoms with Gasteiger partial charge in [0.15, 0.2) is 20.6 Å². The Morgan fingerprint density at radius 2 is 1.85 bits per heavy atom. The number of hydrogen-bond acceptors (Lipinski definition) is 6. The molecule has 0 saturated carbocycles. The average molecular weight is 469 g/mol. The van der Waals surface area contributed by atoms with E-state index in [0.717, 1.165) is 11.8 Å². The van der Waals surface area contributed by atoms with E-state index in [0.29, 0.717) is 28.2 Å². The Hall–Kier alpha value is -3.66. The molecule has 0 spiro atoms. The molecule has 1 aliphatic carbocycles. The fourth-order valence-corrected chi connectivity index (χ4v) is 4.71. The lowest BCUT2D eigenvalue weighted by Gasteiger charge is -2.16. The van der Waals surface area contributed by atoms with Crippen molar-refractivity contribution in [1.29, 1.82) is 0 Å². The number of imidazole rings is 1. The van der Waals surface area contributed by atoms with Crippen LogP contribution in [0.2, 0.25) is 0 Å². The molecule has 0 aliphatic heterocycles. The van der Waals surface area contributed by atoms with Crippen molar-refractivity contribution in [2.45, 2.75) is 24.0 Å². The molecule has 3 heterocycles. The van der Waals surface area contributed by atoms with Crippen LogP contribution in [0.4, 0.5) is 8.78 Å². The van der Waals surface area contributed by atoms with E-state index in [4.69, 9.17) is 4.74 Å². The topological polar surface area (TPSA) is 90.6 Å². The van der Waals surface area contributed by atoms with E-state index in [9.17, 15) is 22.0 Å². The fourth-order valence-electron chi connectivity index (χ4n) is 4.15. The maximum Gasteiger partial charge on any atom is 0.387 e. The number of ketones is 1. The third kappa shape index (κ3) is 3.76. The van der Waals surface area contributed by atoms with Crippen LogP contribution in [0.3, 0.4) is 0 Å². The van der Waals surface area contributed by atoms with Crippen molar-refractivity contribution in [3.8, 4) is 16.9 Å². The highest BCUT2D eigenvalue weighted by atomic mass is 32.2. The molecular weight excluding hydrogens is 452 g/mol. The molecule has 10 heteroatoms. The summed E-state index contributed by atoms with van der Waals surface area (Å²) < 4.78 is 55.7. The van der Waals surface area contributed by atoms with E-state index >= 15 is 0 Å². The van der Waals surface area contributed by atoms with Crippen molar-refractivity contribution >= 4 is 21.3 Å². The number of aromatic nitrogens is 3. The van der Waals surface area contributed by atoms with Crippen molar-refractivity contribution in [1.82, 2.24) is 14.4 Å². The number of alkyl halides is 2. The molecule has 7 nitrogen and oxygen atoms in total. The monoisotopic (exact) mass is 469 g/mol. The van der Waals surface area contributed by atoms with Gasteiger partial charge in [-0.1, -0.05) is 18.2 Å². The molecule has 0 bridgehead atoms. The van der Waals surface area contributed by atoms with Gasteiger partial charge in [0, 0.05) is 47.7 Å². The minimum absolute atomic E-state index is 0.0184. The number of carbonyl (C=O) groups excluding carboxylic acids is 1. The first-order valence-corrected chi connectivity index (χ1v) is 11.9. The van der Waals surface area contributed by atoms with Crippen LogP contribution in [0.1, 0.15) is 34.1 Å². The lowest BCUT2D eigenvalue weighted by molar-refractivity contribution is -0.0505. The van der Waals surface area contributed by atoms with Crippen molar-refractivity contribution in [2.24, 2.45) is 0 Å². The average Bonchev–Trinajstić information content (AvgIpc) is 3.30. The molecule has 0 unspecified atom stereocenters. The Balaban J connectivity index is 1.62. The van der Waals surface area contributed by atoms with Crippen molar-refractivity contribution < 1.29 is 26.7 Å². The first-order chi connectivity index (χ1) is 15.7. The zero-order chi connectivity index (χ0) is 23.3. The molecule has 1 aliphatic rings. The summed E-state index contributed by atoms with van der Waals surface area (Å²) in [6, 6.07) is 13.0. The lowest BCUT2D eigenvalue weighted by Crippen LogP contribution is -2.08. The highest BCUT2D eigenvalue weighted by Crippen LogP contribution is 2.42. The zero-order valence-electron chi connectivity index (χ0n) is 17.3. The third-order valence-electron chi connectivity index (χ3n) is 5.60. The van der Waals surface area contributed by atoms with Crippen LogP contribution in [0.25, 0.3) is 16.8 Å². The molecule has 0 N–H and O–H groups in total. The lowest BCUT2D eigenvalue weighted by atomic mass is 9.95. The van der Waals surface area contributed by atoms with Gasteiger partial charge in [-0.05, 0) is 30.3 Å². The van der Waals surface area contributed by atoms with Crippen molar-refractivity contribution in [3.63, 3.8) is 0 Å². The molecule has 0 saturated heterocycles.